The van der Waals surface area contributed by atoms with Crippen LogP contribution >= 0.6 is 0 Å². The van der Waals surface area contributed by atoms with Crippen molar-refractivity contribution in [2.75, 3.05) is 26.2 Å². The molecule has 1 aliphatic rings. The summed E-state index contributed by atoms with van der Waals surface area (Å²) in [4.78, 5) is 14.6. The summed E-state index contributed by atoms with van der Waals surface area (Å²) in [7, 11) is 0. The fourth-order valence-electron chi connectivity index (χ4n) is 2.79. The second-order valence-corrected chi connectivity index (χ2v) is 5.24. The number of amides is 1. The van der Waals surface area contributed by atoms with Gasteiger partial charge in [-0.3, -0.25) is 4.79 Å². The maximum Gasteiger partial charge on any atom is 0.270 e. The Hall–Kier alpha value is -1.29. The maximum atomic E-state index is 12.6. The molecule has 0 radical (unpaired) electrons. The van der Waals surface area contributed by atoms with Gasteiger partial charge in [0.25, 0.3) is 5.91 Å². The second-order valence-electron chi connectivity index (χ2n) is 5.24. The third-order valence-corrected chi connectivity index (χ3v) is 3.94. The Morgan fingerprint density at radius 1 is 1.53 bits per heavy atom. The first-order valence-corrected chi connectivity index (χ1v) is 7.41. The van der Waals surface area contributed by atoms with Crippen LogP contribution in [0.25, 0.3) is 0 Å². The maximum absolute atomic E-state index is 12.6. The highest BCUT2D eigenvalue weighted by Gasteiger charge is 2.22. The third-order valence-electron chi connectivity index (χ3n) is 3.94. The lowest BCUT2D eigenvalue weighted by Crippen LogP contribution is -2.41. The zero-order chi connectivity index (χ0) is 13.7. The van der Waals surface area contributed by atoms with E-state index in [-0.39, 0.29) is 5.91 Å². The molecule has 0 aromatic carbocycles. The van der Waals surface area contributed by atoms with Gasteiger partial charge >= 0.3 is 0 Å². The smallest absolute Gasteiger partial charge is 0.270 e. The molecular formula is C15H25N3O. The lowest BCUT2D eigenvalue weighted by Gasteiger charge is -2.29. The summed E-state index contributed by atoms with van der Waals surface area (Å²) in [5.74, 6) is 0.766. The highest BCUT2D eigenvalue weighted by molar-refractivity contribution is 5.92. The summed E-state index contributed by atoms with van der Waals surface area (Å²) in [6, 6.07) is 3.88. The van der Waals surface area contributed by atoms with Gasteiger partial charge in [0.2, 0.25) is 0 Å². The number of hydrogen-bond acceptors (Lipinski definition) is 2. The Balaban J connectivity index is 2.02. The molecule has 1 unspecified atom stereocenters. The van der Waals surface area contributed by atoms with Crippen molar-refractivity contribution < 1.29 is 4.79 Å². The van der Waals surface area contributed by atoms with Gasteiger partial charge in [0.05, 0.1) is 0 Å². The van der Waals surface area contributed by atoms with Gasteiger partial charge in [0, 0.05) is 25.8 Å². The second kappa shape index (κ2) is 6.75. The first-order chi connectivity index (χ1) is 9.26. The van der Waals surface area contributed by atoms with Crippen LogP contribution < -0.4 is 5.32 Å². The van der Waals surface area contributed by atoms with E-state index in [4.69, 9.17) is 0 Å². The van der Waals surface area contributed by atoms with Crippen LogP contribution in [0.4, 0.5) is 0 Å². The van der Waals surface area contributed by atoms with E-state index < -0.39 is 0 Å². The van der Waals surface area contributed by atoms with E-state index in [0.717, 1.165) is 38.4 Å². The molecular weight excluding hydrogens is 238 g/mol. The van der Waals surface area contributed by atoms with Crippen molar-refractivity contribution in [2.45, 2.75) is 33.2 Å². The van der Waals surface area contributed by atoms with E-state index in [1.54, 1.807) is 0 Å². The highest BCUT2D eigenvalue weighted by Crippen LogP contribution is 2.14. The van der Waals surface area contributed by atoms with E-state index in [1.807, 2.05) is 27.8 Å². The number of aromatic nitrogens is 1. The number of carbonyl (C=O) groups is 1. The number of piperidine rings is 1. The number of rotatable bonds is 5. The van der Waals surface area contributed by atoms with E-state index in [0.29, 0.717) is 5.92 Å². The molecule has 1 aliphatic heterocycles. The van der Waals surface area contributed by atoms with E-state index in [2.05, 4.69) is 19.2 Å². The van der Waals surface area contributed by atoms with Crippen molar-refractivity contribution >= 4 is 5.91 Å². The van der Waals surface area contributed by atoms with Crippen LogP contribution in [0.1, 0.15) is 37.2 Å². The normalized spacial score (nSPS) is 19.4. The van der Waals surface area contributed by atoms with Gasteiger partial charge in [-0.1, -0.05) is 0 Å². The molecule has 4 nitrogen and oxygen atoms in total. The number of hydrogen-bond donors (Lipinski definition) is 1. The molecule has 1 amide bonds. The Morgan fingerprint density at radius 3 is 3.00 bits per heavy atom. The minimum absolute atomic E-state index is 0.167. The van der Waals surface area contributed by atoms with Gasteiger partial charge in [-0.2, -0.15) is 0 Å². The summed E-state index contributed by atoms with van der Waals surface area (Å²) in [6.45, 7) is 8.79. The first-order valence-electron chi connectivity index (χ1n) is 7.41. The molecule has 1 atom stereocenters. The van der Waals surface area contributed by atoms with Gasteiger partial charge in [0.15, 0.2) is 0 Å². The quantitative estimate of drug-likeness (QED) is 0.882. The number of carbonyl (C=O) groups excluding carboxylic acids is 1. The fraction of sp³-hybridized carbons (Fsp3) is 0.667. The van der Waals surface area contributed by atoms with Gasteiger partial charge in [-0.15, -0.1) is 0 Å². The van der Waals surface area contributed by atoms with Gasteiger partial charge in [0.1, 0.15) is 5.69 Å². The topological polar surface area (TPSA) is 37.3 Å². The van der Waals surface area contributed by atoms with Crippen molar-refractivity contribution in [2.24, 2.45) is 5.92 Å². The largest absolute Gasteiger partial charge is 0.344 e. The monoisotopic (exact) mass is 263 g/mol. The molecule has 1 aromatic heterocycles. The van der Waals surface area contributed by atoms with Gasteiger partial charge in [-0.25, -0.2) is 0 Å². The Morgan fingerprint density at radius 2 is 2.37 bits per heavy atom. The van der Waals surface area contributed by atoms with E-state index in [1.165, 1.54) is 12.8 Å². The number of nitrogens with zero attached hydrogens (tertiary/aromatic N) is 2. The molecule has 1 N–H and O–H groups in total. The summed E-state index contributed by atoms with van der Waals surface area (Å²) < 4.78 is 2.02. The highest BCUT2D eigenvalue weighted by atomic mass is 16.2. The predicted molar refractivity (Wildman–Crippen MR) is 77.3 cm³/mol. The molecule has 4 heteroatoms. The average Bonchev–Trinajstić information content (AvgIpc) is 2.93. The summed E-state index contributed by atoms with van der Waals surface area (Å²) in [6.07, 6.45) is 4.43. The molecule has 0 bridgehead atoms. The zero-order valence-electron chi connectivity index (χ0n) is 12.1. The molecule has 0 aliphatic carbocycles. The van der Waals surface area contributed by atoms with Crippen molar-refractivity contribution in [3.05, 3.63) is 24.0 Å². The Kier molecular flexibility index (Phi) is 5.02. The molecule has 1 aromatic rings. The number of aryl methyl sites for hydroxylation is 1. The fourth-order valence-corrected chi connectivity index (χ4v) is 2.79. The molecule has 2 heterocycles. The van der Waals surface area contributed by atoms with Gasteiger partial charge < -0.3 is 14.8 Å². The Bertz CT molecular complexity index is 407. The molecule has 106 valence electrons. The van der Waals surface area contributed by atoms with Crippen molar-refractivity contribution in [1.29, 1.82) is 0 Å². The average molecular weight is 263 g/mol. The van der Waals surface area contributed by atoms with Crippen LogP contribution in [0.15, 0.2) is 18.3 Å². The molecule has 1 saturated heterocycles. The lowest BCUT2D eigenvalue weighted by atomic mass is 9.99. The van der Waals surface area contributed by atoms with Crippen molar-refractivity contribution in [3.63, 3.8) is 0 Å². The van der Waals surface area contributed by atoms with Crippen LogP contribution in [0.3, 0.4) is 0 Å². The van der Waals surface area contributed by atoms with Crippen LogP contribution in [0, 0.1) is 5.92 Å². The molecule has 0 spiro atoms. The summed E-state index contributed by atoms with van der Waals surface area (Å²) in [5, 5.41) is 3.42. The summed E-state index contributed by atoms with van der Waals surface area (Å²) in [5.41, 5.74) is 0.813. The van der Waals surface area contributed by atoms with Crippen LogP contribution in [-0.4, -0.2) is 41.6 Å². The van der Waals surface area contributed by atoms with Crippen LogP contribution in [0.2, 0.25) is 0 Å². The van der Waals surface area contributed by atoms with Crippen LogP contribution in [-0.2, 0) is 6.54 Å². The third kappa shape index (κ3) is 3.38. The Labute approximate surface area is 115 Å². The van der Waals surface area contributed by atoms with Crippen molar-refractivity contribution in [1.82, 2.24) is 14.8 Å². The summed E-state index contributed by atoms with van der Waals surface area (Å²) >= 11 is 0. The minimum Gasteiger partial charge on any atom is -0.344 e. The predicted octanol–water partition coefficient (Wildman–Crippen LogP) is 1.97. The minimum atomic E-state index is 0.167. The molecule has 1 fully saturated rings. The molecule has 2 rings (SSSR count). The van der Waals surface area contributed by atoms with E-state index >= 15 is 0 Å². The van der Waals surface area contributed by atoms with Crippen molar-refractivity contribution in [3.8, 4) is 0 Å². The van der Waals surface area contributed by atoms with Gasteiger partial charge in [-0.05, 0) is 57.8 Å². The standard InChI is InChI=1S/C15H25N3O/c1-3-17-10-6-8-14(17)15(19)18(4-2)12-13-7-5-9-16-11-13/h6,8,10,13,16H,3-5,7,9,11-12H2,1-2H3. The number of nitrogens with one attached hydrogen (secondary N) is 1. The first kappa shape index (κ1) is 14.1. The lowest BCUT2D eigenvalue weighted by molar-refractivity contribution is 0.0718. The molecule has 19 heavy (non-hydrogen) atoms. The van der Waals surface area contributed by atoms with E-state index in [9.17, 15) is 4.79 Å². The zero-order valence-corrected chi connectivity index (χ0v) is 12.1. The SMILES string of the molecule is CCN(CC1CCCNC1)C(=O)c1cccn1CC. The molecule has 0 saturated carbocycles. The van der Waals surface area contributed by atoms with Crippen LogP contribution in [0.5, 0.6) is 0 Å².